The maximum Gasteiger partial charge on any atom is 0.128 e. The predicted octanol–water partition coefficient (Wildman–Crippen LogP) is 4.41. The lowest BCUT2D eigenvalue weighted by atomic mass is 9.95. The summed E-state index contributed by atoms with van der Waals surface area (Å²) < 4.78 is 0. The first-order valence-electron chi connectivity index (χ1n) is 9.39. The molecule has 0 N–H and O–H groups in total. The van der Waals surface area contributed by atoms with Gasteiger partial charge < -0.3 is 4.90 Å². The summed E-state index contributed by atoms with van der Waals surface area (Å²) in [7, 11) is 0. The summed E-state index contributed by atoms with van der Waals surface area (Å²) in [5.41, 5.74) is 2.79. The van der Waals surface area contributed by atoms with Crippen molar-refractivity contribution >= 4 is 5.82 Å². The van der Waals surface area contributed by atoms with Gasteiger partial charge in [-0.25, -0.2) is 4.98 Å². The highest BCUT2D eigenvalue weighted by Gasteiger charge is 2.24. The molecule has 24 heavy (non-hydrogen) atoms. The minimum Gasteiger partial charge on any atom is -0.357 e. The van der Waals surface area contributed by atoms with Crippen LogP contribution in [0.5, 0.6) is 0 Å². The van der Waals surface area contributed by atoms with Crippen LogP contribution in [0.4, 0.5) is 5.82 Å². The van der Waals surface area contributed by atoms with E-state index in [1.54, 1.807) is 0 Å². The standard InChI is InChI=1S/C21H27N3/c1-2-8-18(9-3-1)17-24-15-5-4-10-20(24)19-11-12-21(22-16-19)23-13-6-7-14-23/h1-3,8-9,11-12,16,20H,4-7,10,13-15,17H2/t20-/m1/s1. The van der Waals surface area contributed by atoms with E-state index in [0.717, 1.165) is 25.5 Å². The Kier molecular flexibility index (Phi) is 4.79. The lowest BCUT2D eigenvalue weighted by Gasteiger charge is -2.36. The minimum absolute atomic E-state index is 0.513. The van der Waals surface area contributed by atoms with Crippen molar-refractivity contribution in [3.63, 3.8) is 0 Å². The van der Waals surface area contributed by atoms with Crippen molar-refractivity contribution < 1.29 is 0 Å². The Labute approximate surface area is 145 Å². The Balaban J connectivity index is 1.49. The number of piperidine rings is 1. The van der Waals surface area contributed by atoms with Gasteiger partial charge in [0.25, 0.3) is 0 Å². The van der Waals surface area contributed by atoms with Crippen molar-refractivity contribution in [2.24, 2.45) is 0 Å². The van der Waals surface area contributed by atoms with Crippen LogP contribution >= 0.6 is 0 Å². The molecule has 0 spiro atoms. The highest BCUT2D eigenvalue weighted by molar-refractivity contribution is 5.40. The Morgan fingerprint density at radius 3 is 2.42 bits per heavy atom. The molecule has 4 rings (SSSR count). The van der Waals surface area contributed by atoms with Gasteiger partial charge in [-0.2, -0.15) is 0 Å². The van der Waals surface area contributed by atoms with Crippen LogP contribution in [0.3, 0.4) is 0 Å². The SMILES string of the molecule is c1ccc(CN2CCCC[C@@H]2c2ccc(N3CCCC3)nc2)cc1. The van der Waals surface area contributed by atoms with Crippen molar-refractivity contribution in [1.29, 1.82) is 0 Å². The number of rotatable bonds is 4. The Hall–Kier alpha value is -1.87. The van der Waals surface area contributed by atoms with Crippen LogP contribution < -0.4 is 4.90 Å². The van der Waals surface area contributed by atoms with E-state index in [2.05, 4.69) is 58.5 Å². The fourth-order valence-electron chi connectivity index (χ4n) is 4.10. The fraction of sp³-hybridized carbons (Fsp3) is 0.476. The zero-order valence-corrected chi connectivity index (χ0v) is 14.4. The molecule has 0 bridgehead atoms. The topological polar surface area (TPSA) is 19.4 Å². The third kappa shape index (κ3) is 3.46. The summed E-state index contributed by atoms with van der Waals surface area (Å²) in [6, 6.07) is 15.9. The summed E-state index contributed by atoms with van der Waals surface area (Å²) >= 11 is 0. The molecule has 0 radical (unpaired) electrons. The van der Waals surface area contributed by atoms with Gasteiger partial charge in [0.2, 0.25) is 0 Å². The van der Waals surface area contributed by atoms with Gasteiger partial charge in [-0.05, 0) is 49.4 Å². The molecule has 2 aliphatic rings. The van der Waals surface area contributed by atoms with Gasteiger partial charge in [0.05, 0.1) is 0 Å². The maximum absolute atomic E-state index is 4.78. The van der Waals surface area contributed by atoms with Crippen LogP contribution in [0.15, 0.2) is 48.7 Å². The van der Waals surface area contributed by atoms with Crippen molar-refractivity contribution in [3.8, 4) is 0 Å². The van der Waals surface area contributed by atoms with Crippen LogP contribution in [-0.4, -0.2) is 29.5 Å². The zero-order chi connectivity index (χ0) is 16.2. The van der Waals surface area contributed by atoms with Gasteiger partial charge in [-0.15, -0.1) is 0 Å². The number of nitrogens with zero attached hydrogens (tertiary/aromatic N) is 3. The number of anilines is 1. The molecule has 2 fully saturated rings. The molecule has 3 heteroatoms. The molecule has 3 nitrogen and oxygen atoms in total. The smallest absolute Gasteiger partial charge is 0.128 e. The lowest BCUT2D eigenvalue weighted by molar-refractivity contribution is 0.140. The summed E-state index contributed by atoms with van der Waals surface area (Å²) in [6.07, 6.45) is 8.61. The van der Waals surface area contributed by atoms with Gasteiger partial charge in [-0.1, -0.05) is 42.8 Å². The summed E-state index contributed by atoms with van der Waals surface area (Å²) in [4.78, 5) is 9.82. The van der Waals surface area contributed by atoms with Crippen molar-refractivity contribution in [2.45, 2.75) is 44.7 Å². The first-order valence-corrected chi connectivity index (χ1v) is 9.39. The van der Waals surface area contributed by atoms with E-state index in [1.165, 1.54) is 49.8 Å². The summed E-state index contributed by atoms with van der Waals surface area (Å²) in [5, 5.41) is 0. The maximum atomic E-state index is 4.78. The molecule has 126 valence electrons. The average molecular weight is 321 g/mol. The molecule has 2 aliphatic heterocycles. The van der Waals surface area contributed by atoms with Crippen LogP contribution in [0.25, 0.3) is 0 Å². The van der Waals surface area contributed by atoms with Crippen LogP contribution in [0, 0.1) is 0 Å². The normalized spacial score (nSPS) is 22.0. The highest BCUT2D eigenvalue weighted by Crippen LogP contribution is 2.32. The molecule has 1 aromatic carbocycles. The second-order valence-electron chi connectivity index (χ2n) is 7.11. The van der Waals surface area contributed by atoms with Crippen LogP contribution in [0.1, 0.15) is 49.3 Å². The molecule has 0 amide bonds. The van der Waals surface area contributed by atoms with Crippen molar-refractivity contribution in [1.82, 2.24) is 9.88 Å². The lowest BCUT2D eigenvalue weighted by Crippen LogP contribution is -2.33. The molecule has 2 saturated heterocycles. The average Bonchev–Trinajstić information content (AvgIpc) is 3.18. The first kappa shape index (κ1) is 15.6. The largest absolute Gasteiger partial charge is 0.357 e. The zero-order valence-electron chi connectivity index (χ0n) is 14.4. The molecule has 0 saturated carbocycles. The van der Waals surface area contributed by atoms with Gasteiger partial charge >= 0.3 is 0 Å². The molecule has 0 aliphatic carbocycles. The van der Waals surface area contributed by atoms with Gasteiger partial charge in [0, 0.05) is 31.9 Å². The molecular formula is C21H27N3. The molecule has 2 aromatic rings. The number of benzene rings is 1. The summed E-state index contributed by atoms with van der Waals surface area (Å²) in [6.45, 7) is 4.55. The van der Waals surface area contributed by atoms with E-state index in [-0.39, 0.29) is 0 Å². The molecule has 0 unspecified atom stereocenters. The van der Waals surface area contributed by atoms with E-state index >= 15 is 0 Å². The second kappa shape index (κ2) is 7.35. The predicted molar refractivity (Wildman–Crippen MR) is 99.1 cm³/mol. The number of aromatic nitrogens is 1. The van der Waals surface area contributed by atoms with Crippen LogP contribution in [0.2, 0.25) is 0 Å². The van der Waals surface area contributed by atoms with Crippen LogP contribution in [-0.2, 0) is 6.54 Å². The Morgan fingerprint density at radius 2 is 1.67 bits per heavy atom. The molecular weight excluding hydrogens is 294 g/mol. The third-order valence-corrected chi connectivity index (χ3v) is 5.43. The summed E-state index contributed by atoms with van der Waals surface area (Å²) in [5.74, 6) is 1.15. The first-order chi connectivity index (χ1) is 11.9. The van der Waals surface area contributed by atoms with E-state index in [4.69, 9.17) is 4.98 Å². The van der Waals surface area contributed by atoms with E-state index < -0.39 is 0 Å². The quantitative estimate of drug-likeness (QED) is 0.831. The fourth-order valence-corrected chi connectivity index (χ4v) is 4.10. The van der Waals surface area contributed by atoms with Gasteiger partial charge in [-0.3, -0.25) is 4.90 Å². The minimum atomic E-state index is 0.513. The van der Waals surface area contributed by atoms with Crippen molar-refractivity contribution in [3.05, 3.63) is 59.8 Å². The number of hydrogen-bond donors (Lipinski definition) is 0. The molecule has 1 aromatic heterocycles. The number of likely N-dealkylation sites (tertiary alicyclic amines) is 1. The Bertz CT molecular complexity index is 632. The molecule has 3 heterocycles. The van der Waals surface area contributed by atoms with E-state index in [1.807, 2.05) is 0 Å². The monoisotopic (exact) mass is 321 g/mol. The second-order valence-corrected chi connectivity index (χ2v) is 7.11. The highest BCUT2D eigenvalue weighted by atomic mass is 15.2. The Morgan fingerprint density at radius 1 is 0.875 bits per heavy atom. The van der Waals surface area contributed by atoms with E-state index in [0.29, 0.717) is 6.04 Å². The van der Waals surface area contributed by atoms with Gasteiger partial charge in [0.15, 0.2) is 0 Å². The van der Waals surface area contributed by atoms with Gasteiger partial charge in [0.1, 0.15) is 5.82 Å². The third-order valence-electron chi connectivity index (χ3n) is 5.43. The molecule has 1 atom stereocenters. The number of hydrogen-bond acceptors (Lipinski definition) is 3. The van der Waals surface area contributed by atoms with Crippen molar-refractivity contribution in [2.75, 3.05) is 24.5 Å². The number of pyridine rings is 1. The van der Waals surface area contributed by atoms with E-state index in [9.17, 15) is 0 Å².